The SMILES string of the molecule is CCc1cc(NC(=O)c2cc(C)no2)n[nH]1. The van der Waals surface area contributed by atoms with Crippen LogP contribution < -0.4 is 5.32 Å². The van der Waals surface area contributed by atoms with Crippen LogP contribution in [-0.4, -0.2) is 21.3 Å². The fourth-order valence-electron chi connectivity index (χ4n) is 1.26. The maximum absolute atomic E-state index is 11.6. The highest BCUT2D eigenvalue weighted by atomic mass is 16.5. The van der Waals surface area contributed by atoms with Crippen LogP contribution in [0.1, 0.15) is 28.9 Å². The molecule has 84 valence electrons. The van der Waals surface area contributed by atoms with Crippen molar-refractivity contribution in [1.82, 2.24) is 15.4 Å². The number of carbonyl (C=O) groups excluding carboxylic acids is 1. The van der Waals surface area contributed by atoms with Crippen molar-refractivity contribution < 1.29 is 9.32 Å². The molecule has 0 unspecified atom stereocenters. The Morgan fingerprint density at radius 1 is 1.56 bits per heavy atom. The molecule has 2 N–H and O–H groups in total. The highest BCUT2D eigenvalue weighted by Gasteiger charge is 2.12. The fraction of sp³-hybridized carbons (Fsp3) is 0.300. The Bertz CT molecular complexity index is 500. The van der Waals surface area contributed by atoms with E-state index < -0.39 is 0 Å². The monoisotopic (exact) mass is 220 g/mol. The molecule has 0 aliphatic carbocycles. The maximum Gasteiger partial charge on any atom is 0.295 e. The Labute approximate surface area is 92.0 Å². The average molecular weight is 220 g/mol. The molecule has 2 aromatic heterocycles. The lowest BCUT2D eigenvalue weighted by molar-refractivity contribution is 0.0987. The Hall–Kier alpha value is -2.11. The first kappa shape index (κ1) is 10.4. The van der Waals surface area contributed by atoms with Gasteiger partial charge in [0.2, 0.25) is 5.76 Å². The summed E-state index contributed by atoms with van der Waals surface area (Å²) in [5, 5.41) is 13.0. The van der Waals surface area contributed by atoms with E-state index >= 15 is 0 Å². The number of aryl methyl sites for hydroxylation is 2. The molecule has 0 radical (unpaired) electrons. The lowest BCUT2D eigenvalue weighted by Gasteiger charge is -1.95. The Balaban J connectivity index is 2.07. The van der Waals surface area contributed by atoms with Crippen LogP contribution in [0.2, 0.25) is 0 Å². The van der Waals surface area contributed by atoms with Crippen LogP contribution >= 0.6 is 0 Å². The summed E-state index contributed by atoms with van der Waals surface area (Å²) < 4.78 is 4.83. The van der Waals surface area contributed by atoms with E-state index in [2.05, 4.69) is 20.7 Å². The summed E-state index contributed by atoms with van der Waals surface area (Å²) in [6.07, 6.45) is 0.838. The molecule has 0 atom stereocenters. The fourth-order valence-corrected chi connectivity index (χ4v) is 1.26. The molecule has 1 amide bonds. The summed E-state index contributed by atoms with van der Waals surface area (Å²) in [5.74, 6) is 0.309. The number of nitrogens with one attached hydrogen (secondary N) is 2. The minimum absolute atomic E-state index is 0.179. The lowest BCUT2D eigenvalue weighted by Crippen LogP contribution is -2.11. The normalized spacial score (nSPS) is 10.4. The smallest absolute Gasteiger partial charge is 0.295 e. The average Bonchev–Trinajstić information content (AvgIpc) is 2.87. The van der Waals surface area contributed by atoms with Crippen molar-refractivity contribution in [3.05, 3.63) is 29.3 Å². The molecule has 6 nitrogen and oxygen atoms in total. The maximum atomic E-state index is 11.6. The zero-order chi connectivity index (χ0) is 11.5. The number of aromatic amines is 1. The number of aromatic nitrogens is 3. The van der Waals surface area contributed by atoms with Gasteiger partial charge >= 0.3 is 0 Å². The molecule has 2 rings (SSSR count). The van der Waals surface area contributed by atoms with E-state index in [1.54, 1.807) is 19.1 Å². The van der Waals surface area contributed by atoms with Crippen LogP contribution in [0, 0.1) is 6.92 Å². The van der Waals surface area contributed by atoms with E-state index in [-0.39, 0.29) is 11.7 Å². The predicted molar refractivity (Wildman–Crippen MR) is 57.2 cm³/mol. The second-order valence-corrected chi connectivity index (χ2v) is 3.42. The van der Waals surface area contributed by atoms with Gasteiger partial charge in [0.15, 0.2) is 5.82 Å². The molecule has 0 aliphatic heterocycles. The van der Waals surface area contributed by atoms with Gasteiger partial charge in [-0.3, -0.25) is 9.89 Å². The quantitative estimate of drug-likeness (QED) is 0.821. The van der Waals surface area contributed by atoms with Crippen LogP contribution in [0.15, 0.2) is 16.7 Å². The van der Waals surface area contributed by atoms with Crippen molar-refractivity contribution in [2.45, 2.75) is 20.3 Å². The largest absolute Gasteiger partial charge is 0.351 e. The molecule has 2 aromatic rings. The molecule has 6 heteroatoms. The van der Waals surface area contributed by atoms with Crippen LogP contribution in [0.3, 0.4) is 0 Å². The summed E-state index contributed by atoms with van der Waals surface area (Å²) in [5.41, 5.74) is 1.63. The van der Waals surface area contributed by atoms with Gasteiger partial charge in [0, 0.05) is 17.8 Å². The first-order valence-corrected chi connectivity index (χ1v) is 4.98. The summed E-state index contributed by atoms with van der Waals surface area (Å²) in [4.78, 5) is 11.6. The zero-order valence-corrected chi connectivity index (χ0v) is 9.07. The molecule has 0 bridgehead atoms. The van der Waals surface area contributed by atoms with E-state index in [1.807, 2.05) is 6.92 Å². The lowest BCUT2D eigenvalue weighted by atomic mass is 10.3. The first-order valence-electron chi connectivity index (χ1n) is 4.98. The second-order valence-electron chi connectivity index (χ2n) is 3.42. The zero-order valence-electron chi connectivity index (χ0n) is 9.07. The first-order chi connectivity index (χ1) is 7.69. The number of nitrogens with zero attached hydrogens (tertiary/aromatic N) is 2. The molecule has 0 fully saturated rings. The second kappa shape index (κ2) is 4.18. The third-order valence-corrected chi connectivity index (χ3v) is 2.11. The topological polar surface area (TPSA) is 83.8 Å². The van der Waals surface area contributed by atoms with E-state index in [0.29, 0.717) is 11.5 Å². The summed E-state index contributed by atoms with van der Waals surface area (Å²) in [6, 6.07) is 3.35. The number of hydrogen-bond acceptors (Lipinski definition) is 4. The predicted octanol–water partition coefficient (Wildman–Crippen LogP) is 1.52. The van der Waals surface area contributed by atoms with Crippen molar-refractivity contribution in [1.29, 1.82) is 0 Å². The summed E-state index contributed by atoms with van der Waals surface area (Å²) in [6.45, 7) is 3.75. The van der Waals surface area contributed by atoms with Gasteiger partial charge in [-0.25, -0.2) is 0 Å². The number of hydrogen-bond donors (Lipinski definition) is 2. The van der Waals surface area contributed by atoms with Gasteiger partial charge in [0.25, 0.3) is 5.91 Å². The molecule has 0 aromatic carbocycles. The molecule has 0 spiro atoms. The van der Waals surface area contributed by atoms with Crippen molar-refractivity contribution in [3.63, 3.8) is 0 Å². The standard InChI is InChI=1S/C10H12N4O2/c1-3-7-5-9(13-12-7)11-10(15)8-4-6(2)14-16-8/h4-5H,3H2,1-2H3,(H2,11,12,13,15). The van der Waals surface area contributed by atoms with E-state index in [4.69, 9.17) is 4.52 Å². The highest BCUT2D eigenvalue weighted by molar-refractivity contribution is 6.01. The minimum atomic E-state index is -0.352. The molecule has 0 saturated heterocycles. The molecule has 2 heterocycles. The number of carbonyl (C=O) groups is 1. The van der Waals surface area contributed by atoms with Crippen molar-refractivity contribution >= 4 is 11.7 Å². The Kier molecular flexibility index (Phi) is 2.72. The van der Waals surface area contributed by atoms with Gasteiger partial charge in [0.05, 0.1) is 5.69 Å². The van der Waals surface area contributed by atoms with Gasteiger partial charge in [-0.2, -0.15) is 5.10 Å². The van der Waals surface area contributed by atoms with Crippen LogP contribution in [0.5, 0.6) is 0 Å². The van der Waals surface area contributed by atoms with Crippen LogP contribution in [0.25, 0.3) is 0 Å². The van der Waals surface area contributed by atoms with Gasteiger partial charge < -0.3 is 9.84 Å². The van der Waals surface area contributed by atoms with Crippen molar-refractivity contribution in [2.24, 2.45) is 0 Å². The van der Waals surface area contributed by atoms with Gasteiger partial charge in [-0.05, 0) is 13.3 Å². The van der Waals surface area contributed by atoms with E-state index in [1.165, 1.54) is 0 Å². The number of anilines is 1. The Morgan fingerprint density at radius 3 is 2.94 bits per heavy atom. The van der Waals surface area contributed by atoms with Crippen LogP contribution in [0.4, 0.5) is 5.82 Å². The number of amides is 1. The number of H-pyrrole nitrogens is 1. The molecule has 0 saturated carbocycles. The van der Waals surface area contributed by atoms with E-state index in [0.717, 1.165) is 12.1 Å². The summed E-state index contributed by atoms with van der Waals surface area (Å²) >= 11 is 0. The third-order valence-electron chi connectivity index (χ3n) is 2.11. The highest BCUT2D eigenvalue weighted by Crippen LogP contribution is 2.09. The van der Waals surface area contributed by atoms with Gasteiger partial charge in [-0.15, -0.1) is 0 Å². The number of rotatable bonds is 3. The van der Waals surface area contributed by atoms with Crippen LogP contribution in [-0.2, 0) is 6.42 Å². The summed E-state index contributed by atoms with van der Waals surface area (Å²) in [7, 11) is 0. The minimum Gasteiger partial charge on any atom is -0.351 e. The van der Waals surface area contributed by atoms with E-state index in [9.17, 15) is 4.79 Å². The molecule has 16 heavy (non-hydrogen) atoms. The van der Waals surface area contributed by atoms with Crippen molar-refractivity contribution in [3.8, 4) is 0 Å². The third kappa shape index (κ3) is 2.10. The van der Waals surface area contributed by atoms with Gasteiger partial charge in [0.1, 0.15) is 0 Å². The van der Waals surface area contributed by atoms with Gasteiger partial charge in [-0.1, -0.05) is 12.1 Å². The van der Waals surface area contributed by atoms with Crippen molar-refractivity contribution in [2.75, 3.05) is 5.32 Å². The molecule has 0 aliphatic rings. The molecular weight excluding hydrogens is 208 g/mol. The Morgan fingerprint density at radius 2 is 2.38 bits per heavy atom. The molecular formula is C10H12N4O2.